The van der Waals surface area contributed by atoms with E-state index in [4.69, 9.17) is 9.84 Å². The Hall–Kier alpha value is -3.35. The molecule has 0 atom stereocenters. The summed E-state index contributed by atoms with van der Waals surface area (Å²) < 4.78 is 44.8. The molecule has 158 valence electrons. The molecule has 0 unspecified atom stereocenters. The van der Waals surface area contributed by atoms with Gasteiger partial charge in [0.2, 0.25) is 5.88 Å². The summed E-state index contributed by atoms with van der Waals surface area (Å²) >= 11 is 0. The lowest BCUT2D eigenvalue weighted by Gasteiger charge is -2.29. The quantitative estimate of drug-likeness (QED) is 0.640. The molecule has 13 heteroatoms. The van der Waals surface area contributed by atoms with E-state index in [1.54, 1.807) is 0 Å². The maximum absolute atomic E-state index is 14.6. The number of sulfone groups is 1. The molecule has 11 nitrogen and oxygen atoms in total. The Balaban J connectivity index is 1.62. The third-order valence-electron chi connectivity index (χ3n) is 4.77. The van der Waals surface area contributed by atoms with E-state index in [1.165, 1.54) is 23.4 Å². The lowest BCUT2D eigenvalue weighted by Crippen LogP contribution is -2.41. The van der Waals surface area contributed by atoms with Gasteiger partial charge in [-0.1, -0.05) is 5.21 Å². The first kappa shape index (κ1) is 19.9. The van der Waals surface area contributed by atoms with E-state index >= 15 is 0 Å². The van der Waals surface area contributed by atoms with Gasteiger partial charge in [-0.2, -0.15) is 9.67 Å². The molecule has 1 N–H and O–H groups in total. The molecule has 2 aromatic heterocycles. The van der Waals surface area contributed by atoms with Gasteiger partial charge in [0.05, 0.1) is 4.90 Å². The number of rotatable bonds is 4. The number of aromatic nitrogens is 5. The second-order valence-electron chi connectivity index (χ2n) is 6.82. The summed E-state index contributed by atoms with van der Waals surface area (Å²) in [6, 6.07) is 3.47. The summed E-state index contributed by atoms with van der Waals surface area (Å²) in [5.74, 6) is -0.639. The maximum atomic E-state index is 14.6. The number of benzene rings is 1. The second-order valence-corrected chi connectivity index (χ2v) is 8.84. The number of likely N-dealkylation sites (tertiary alicyclic amines) is 1. The van der Waals surface area contributed by atoms with Crippen molar-refractivity contribution in [3.05, 3.63) is 30.3 Å². The van der Waals surface area contributed by atoms with Crippen LogP contribution in [0.3, 0.4) is 0 Å². The summed E-state index contributed by atoms with van der Waals surface area (Å²) in [4.78, 5) is 20.3. The minimum absolute atomic E-state index is 0.0238. The molecule has 1 aliphatic rings. The van der Waals surface area contributed by atoms with Crippen molar-refractivity contribution in [2.24, 2.45) is 0 Å². The monoisotopic (exact) mass is 436 g/mol. The highest BCUT2D eigenvalue weighted by Crippen LogP contribution is 2.26. The topological polar surface area (TPSA) is 140 Å². The maximum Gasteiger partial charge on any atom is 0.407 e. The fourth-order valence-corrected chi connectivity index (χ4v) is 3.82. The Morgan fingerprint density at radius 1 is 1.27 bits per heavy atom. The van der Waals surface area contributed by atoms with Crippen molar-refractivity contribution in [3.8, 4) is 11.6 Å². The van der Waals surface area contributed by atoms with Crippen molar-refractivity contribution in [2.75, 3.05) is 19.3 Å². The van der Waals surface area contributed by atoms with Crippen LogP contribution in [0.1, 0.15) is 12.8 Å². The van der Waals surface area contributed by atoms with Crippen molar-refractivity contribution >= 4 is 27.1 Å². The molecule has 0 spiro atoms. The standard InChI is InChI=1S/C17H17FN6O5S/c1-30(27,28)11-2-3-13(12(18)8-11)24-15-14(21-22-24)16(20-9-19-15)29-10-4-6-23(7-5-10)17(25)26/h2-3,8-10H,4-7H2,1H3,(H,25,26). The predicted octanol–water partition coefficient (Wildman–Crippen LogP) is 1.27. The normalized spacial score (nSPS) is 15.5. The Kier molecular flexibility index (Phi) is 4.97. The predicted molar refractivity (Wildman–Crippen MR) is 101 cm³/mol. The SMILES string of the molecule is CS(=O)(=O)c1ccc(-n2nnc3c(OC4CCN(C(=O)O)CC4)ncnc32)c(F)c1. The minimum atomic E-state index is -3.56. The molecular weight excluding hydrogens is 419 g/mol. The average molecular weight is 436 g/mol. The van der Waals surface area contributed by atoms with E-state index < -0.39 is 21.7 Å². The van der Waals surface area contributed by atoms with Gasteiger partial charge in [0, 0.05) is 32.2 Å². The van der Waals surface area contributed by atoms with Crippen LogP contribution in [0.2, 0.25) is 0 Å². The van der Waals surface area contributed by atoms with E-state index in [-0.39, 0.29) is 33.7 Å². The van der Waals surface area contributed by atoms with Crippen LogP contribution in [0.4, 0.5) is 9.18 Å². The smallest absolute Gasteiger partial charge is 0.407 e. The van der Waals surface area contributed by atoms with Gasteiger partial charge in [-0.25, -0.2) is 22.6 Å². The van der Waals surface area contributed by atoms with Gasteiger partial charge in [0.15, 0.2) is 21.0 Å². The summed E-state index contributed by atoms with van der Waals surface area (Å²) in [7, 11) is -3.56. The third kappa shape index (κ3) is 3.75. The van der Waals surface area contributed by atoms with Crippen LogP contribution in [-0.4, -0.2) is 74.9 Å². The number of carbonyl (C=O) groups is 1. The number of carboxylic acid groups (broad SMARTS) is 1. The van der Waals surface area contributed by atoms with Gasteiger partial charge in [0.1, 0.15) is 23.9 Å². The molecule has 0 radical (unpaired) electrons. The molecule has 1 amide bonds. The largest absolute Gasteiger partial charge is 0.472 e. The van der Waals surface area contributed by atoms with Crippen LogP contribution < -0.4 is 4.74 Å². The molecule has 1 fully saturated rings. The summed E-state index contributed by atoms with van der Waals surface area (Å²) in [5.41, 5.74) is 0.378. The number of hydrogen-bond donors (Lipinski definition) is 1. The number of amides is 1. The Morgan fingerprint density at radius 2 is 2.00 bits per heavy atom. The van der Waals surface area contributed by atoms with Gasteiger partial charge < -0.3 is 14.7 Å². The van der Waals surface area contributed by atoms with Gasteiger partial charge in [0.25, 0.3) is 0 Å². The van der Waals surface area contributed by atoms with Crippen LogP contribution in [0.5, 0.6) is 5.88 Å². The Labute approximate surface area is 170 Å². The highest BCUT2D eigenvalue weighted by molar-refractivity contribution is 7.90. The number of hydrogen-bond acceptors (Lipinski definition) is 8. The highest BCUT2D eigenvalue weighted by atomic mass is 32.2. The number of ether oxygens (including phenoxy) is 1. The van der Waals surface area contributed by atoms with Gasteiger partial charge in [-0.3, -0.25) is 0 Å². The zero-order chi connectivity index (χ0) is 21.5. The summed E-state index contributed by atoms with van der Waals surface area (Å²) in [6.07, 6.45) is 1.98. The van der Waals surface area contributed by atoms with E-state index in [9.17, 15) is 17.6 Å². The fourth-order valence-electron chi connectivity index (χ4n) is 3.19. The lowest BCUT2D eigenvalue weighted by atomic mass is 10.1. The Morgan fingerprint density at radius 3 is 2.63 bits per heavy atom. The first-order valence-corrected chi connectivity index (χ1v) is 10.8. The third-order valence-corrected chi connectivity index (χ3v) is 5.88. The number of fused-ring (bicyclic) bond motifs is 1. The van der Waals surface area contributed by atoms with Crippen LogP contribution in [-0.2, 0) is 9.84 Å². The van der Waals surface area contributed by atoms with Crippen molar-refractivity contribution < 1.29 is 27.4 Å². The highest BCUT2D eigenvalue weighted by Gasteiger charge is 2.25. The van der Waals surface area contributed by atoms with Crippen molar-refractivity contribution in [2.45, 2.75) is 23.8 Å². The van der Waals surface area contributed by atoms with Crippen molar-refractivity contribution in [1.82, 2.24) is 29.9 Å². The molecule has 3 aromatic rings. The molecule has 0 aliphatic carbocycles. The molecule has 0 saturated carbocycles. The first-order chi connectivity index (χ1) is 14.2. The van der Waals surface area contributed by atoms with E-state index in [2.05, 4.69) is 20.3 Å². The molecule has 0 bridgehead atoms. The van der Waals surface area contributed by atoms with Crippen LogP contribution in [0, 0.1) is 5.82 Å². The van der Waals surface area contributed by atoms with Crippen molar-refractivity contribution in [3.63, 3.8) is 0 Å². The van der Waals surface area contributed by atoms with Gasteiger partial charge >= 0.3 is 6.09 Å². The molecule has 3 heterocycles. The van der Waals surface area contributed by atoms with Crippen molar-refractivity contribution in [1.29, 1.82) is 0 Å². The van der Waals surface area contributed by atoms with E-state index in [0.29, 0.717) is 25.9 Å². The van der Waals surface area contributed by atoms with Crippen LogP contribution >= 0.6 is 0 Å². The van der Waals surface area contributed by atoms with E-state index in [1.807, 2.05) is 0 Å². The number of nitrogens with zero attached hydrogens (tertiary/aromatic N) is 6. The first-order valence-electron chi connectivity index (χ1n) is 8.95. The summed E-state index contributed by atoms with van der Waals surface area (Å²) in [5, 5.41) is 16.9. The van der Waals surface area contributed by atoms with Gasteiger partial charge in [-0.15, -0.1) is 5.10 Å². The van der Waals surface area contributed by atoms with Crippen LogP contribution in [0.25, 0.3) is 16.9 Å². The molecule has 1 aromatic carbocycles. The molecule has 1 saturated heterocycles. The zero-order valence-corrected chi connectivity index (χ0v) is 16.6. The summed E-state index contributed by atoms with van der Waals surface area (Å²) in [6.45, 7) is 0.692. The second kappa shape index (κ2) is 7.48. The molecule has 1 aliphatic heterocycles. The molecular formula is C17H17FN6O5S. The van der Waals surface area contributed by atoms with E-state index in [0.717, 1.165) is 17.0 Å². The molecule has 4 rings (SSSR count). The Bertz CT molecular complexity index is 1220. The lowest BCUT2D eigenvalue weighted by molar-refractivity contribution is 0.0878. The minimum Gasteiger partial charge on any atom is -0.472 e. The fraction of sp³-hybridized carbons (Fsp3) is 0.353. The van der Waals surface area contributed by atoms with Crippen LogP contribution in [0.15, 0.2) is 29.4 Å². The zero-order valence-electron chi connectivity index (χ0n) is 15.8. The average Bonchev–Trinajstić information content (AvgIpc) is 3.12. The molecule has 30 heavy (non-hydrogen) atoms. The van der Waals surface area contributed by atoms with Gasteiger partial charge in [-0.05, 0) is 18.2 Å². The number of halogens is 1. The number of piperidine rings is 1.